The molecule has 0 N–H and O–H groups in total. The maximum Gasteiger partial charge on any atom is 0.138 e. The molecule has 0 bridgehead atoms. The first kappa shape index (κ1) is 14.8. The van der Waals surface area contributed by atoms with E-state index in [0.29, 0.717) is 9.41 Å². The highest BCUT2D eigenvalue weighted by molar-refractivity contribution is 8.06. The van der Waals surface area contributed by atoms with Gasteiger partial charge in [-0.05, 0) is 25.3 Å². The number of unbranched alkanes of at least 4 members (excludes halogenated alkanes) is 2. The van der Waals surface area contributed by atoms with Crippen LogP contribution < -0.4 is 0 Å². The Labute approximate surface area is 122 Å². The Morgan fingerprint density at radius 2 is 2.11 bits per heavy atom. The second-order valence-electron chi connectivity index (χ2n) is 4.95. The zero-order chi connectivity index (χ0) is 13.8. The van der Waals surface area contributed by atoms with Crippen molar-refractivity contribution in [3.63, 3.8) is 0 Å². The van der Waals surface area contributed by atoms with Crippen LogP contribution >= 0.6 is 11.6 Å². The van der Waals surface area contributed by atoms with Gasteiger partial charge in [-0.1, -0.05) is 38.3 Å². The molecule has 0 fully saturated rings. The van der Waals surface area contributed by atoms with Gasteiger partial charge in [-0.25, -0.2) is 9.20 Å². The first-order valence-corrected chi connectivity index (χ1v) is 8.54. The van der Waals surface area contributed by atoms with Crippen molar-refractivity contribution in [3.05, 3.63) is 22.2 Å². The Morgan fingerprint density at radius 1 is 1.37 bits per heavy atom. The topological polar surface area (TPSA) is 32.7 Å². The smallest absolute Gasteiger partial charge is 0.138 e. The summed E-state index contributed by atoms with van der Waals surface area (Å²) in [6, 6.07) is 0. The van der Waals surface area contributed by atoms with E-state index in [0.717, 1.165) is 37.8 Å². The summed E-state index contributed by atoms with van der Waals surface area (Å²) in [7, 11) is -1.25. The van der Waals surface area contributed by atoms with Gasteiger partial charge in [0, 0.05) is 18.3 Å². The normalized spacial score (nSPS) is 25.8. The van der Waals surface area contributed by atoms with Crippen molar-refractivity contribution in [2.24, 2.45) is 4.99 Å². The third-order valence-corrected chi connectivity index (χ3v) is 5.10. The molecule has 5 heteroatoms. The molecule has 19 heavy (non-hydrogen) atoms. The quantitative estimate of drug-likeness (QED) is 0.748. The van der Waals surface area contributed by atoms with Crippen molar-refractivity contribution in [2.45, 2.75) is 52.1 Å². The van der Waals surface area contributed by atoms with Gasteiger partial charge in [0.1, 0.15) is 26.4 Å². The van der Waals surface area contributed by atoms with Crippen molar-refractivity contribution < 1.29 is 4.21 Å². The molecule has 2 aliphatic rings. The van der Waals surface area contributed by atoms with Gasteiger partial charge in [0.15, 0.2) is 0 Å². The van der Waals surface area contributed by atoms with Crippen molar-refractivity contribution in [1.29, 1.82) is 0 Å². The van der Waals surface area contributed by atoms with E-state index in [9.17, 15) is 4.21 Å². The number of hydrogen-bond acceptors (Lipinski definition) is 3. The van der Waals surface area contributed by atoms with Gasteiger partial charge in [-0.2, -0.15) is 0 Å². The van der Waals surface area contributed by atoms with E-state index in [1.165, 1.54) is 6.42 Å². The Morgan fingerprint density at radius 3 is 2.79 bits per heavy atom. The SMILES string of the molecule is CCCCC1N=C2C(=CN1CCCC)C=C(Cl)S2=O. The predicted octanol–water partition coefficient (Wildman–Crippen LogP) is 3.74. The molecule has 106 valence electrons. The van der Waals surface area contributed by atoms with Gasteiger partial charge < -0.3 is 4.90 Å². The van der Waals surface area contributed by atoms with Gasteiger partial charge in [-0.3, -0.25) is 0 Å². The van der Waals surface area contributed by atoms with Crippen LogP contribution in [0.5, 0.6) is 0 Å². The molecular formula is C14H21ClN2OS. The third kappa shape index (κ3) is 3.29. The van der Waals surface area contributed by atoms with Crippen molar-refractivity contribution in [3.8, 4) is 0 Å². The first-order valence-electron chi connectivity index (χ1n) is 7.02. The number of fused-ring (bicyclic) bond motifs is 1. The lowest BCUT2D eigenvalue weighted by Crippen LogP contribution is -2.35. The molecule has 2 atom stereocenters. The Balaban J connectivity index is 2.18. The number of halogens is 1. The molecule has 2 aliphatic heterocycles. The second kappa shape index (κ2) is 6.71. The molecule has 0 aromatic heterocycles. The molecule has 0 aromatic rings. The minimum Gasteiger partial charge on any atom is -0.355 e. The molecule has 3 nitrogen and oxygen atoms in total. The monoisotopic (exact) mass is 300 g/mol. The molecule has 2 unspecified atom stereocenters. The van der Waals surface area contributed by atoms with E-state index >= 15 is 0 Å². The summed E-state index contributed by atoms with van der Waals surface area (Å²) in [5.41, 5.74) is 0.923. The molecule has 0 amide bonds. The molecule has 2 heterocycles. The molecule has 0 aliphatic carbocycles. The van der Waals surface area contributed by atoms with Gasteiger partial charge in [0.2, 0.25) is 0 Å². The van der Waals surface area contributed by atoms with Crippen LogP contribution in [0, 0.1) is 0 Å². The van der Waals surface area contributed by atoms with E-state index in [2.05, 4.69) is 29.9 Å². The summed E-state index contributed by atoms with van der Waals surface area (Å²) in [5, 5.41) is 0.666. The van der Waals surface area contributed by atoms with Gasteiger partial charge >= 0.3 is 0 Å². The van der Waals surface area contributed by atoms with Crippen LogP contribution in [0.2, 0.25) is 0 Å². The highest BCUT2D eigenvalue weighted by atomic mass is 35.5. The molecule has 0 radical (unpaired) electrons. The number of aliphatic imine (C=N–C) groups is 1. The minimum absolute atomic E-state index is 0.130. The Kier molecular flexibility index (Phi) is 5.22. The molecule has 0 spiro atoms. The highest BCUT2D eigenvalue weighted by Gasteiger charge is 2.31. The maximum atomic E-state index is 12.0. The first-order chi connectivity index (χ1) is 9.17. The van der Waals surface area contributed by atoms with Gasteiger partial charge in [0.25, 0.3) is 0 Å². The lowest BCUT2D eigenvalue weighted by molar-refractivity contribution is 0.258. The molecule has 2 rings (SSSR count). The lowest BCUT2D eigenvalue weighted by Gasteiger charge is -2.31. The fourth-order valence-electron chi connectivity index (χ4n) is 2.30. The minimum atomic E-state index is -1.25. The van der Waals surface area contributed by atoms with Crippen molar-refractivity contribution in [1.82, 2.24) is 4.90 Å². The zero-order valence-corrected chi connectivity index (χ0v) is 13.1. The van der Waals surface area contributed by atoms with Crippen LogP contribution in [0.1, 0.15) is 46.0 Å². The summed E-state index contributed by atoms with van der Waals surface area (Å²) >= 11 is 5.96. The Hall–Kier alpha value is -0.610. The van der Waals surface area contributed by atoms with Crippen LogP contribution in [0.15, 0.2) is 27.2 Å². The van der Waals surface area contributed by atoms with Crippen LogP contribution in [-0.2, 0) is 10.8 Å². The van der Waals surface area contributed by atoms with E-state index in [4.69, 9.17) is 11.6 Å². The lowest BCUT2D eigenvalue weighted by atomic mass is 10.1. The Bertz CT molecular complexity index is 456. The number of rotatable bonds is 6. The third-order valence-electron chi connectivity index (χ3n) is 3.41. The number of hydrogen-bond donors (Lipinski definition) is 0. The summed E-state index contributed by atoms with van der Waals surface area (Å²) in [4.78, 5) is 6.96. The van der Waals surface area contributed by atoms with Crippen LogP contribution in [0.4, 0.5) is 0 Å². The summed E-state index contributed by atoms with van der Waals surface area (Å²) in [6.45, 7) is 5.37. The van der Waals surface area contributed by atoms with Crippen molar-refractivity contribution in [2.75, 3.05) is 6.54 Å². The molecular weight excluding hydrogens is 280 g/mol. The largest absolute Gasteiger partial charge is 0.355 e. The molecule has 0 saturated heterocycles. The predicted molar refractivity (Wildman–Crippen MR) is 82.5 cm³/mol. The second-order valence-corrected chi connectivity index (χ2v) is 6.95. The fourth-order valence-corrected chi connectivity index (χ4v) is 3.60. The summed E-state index contributed by atoms with van der Waals surface area (Å²) in [5.74, 6) is 0. The van der Waals surface area contributed by atoms with Gasteiger partial charge in [-0.15, -0.1) is 0 Å². The van der Waals surface area contributed by atoms with Crippen LogP contribution in [0.3, 0.4) is 0 Å². The summed E-state index contributed by atoms with van der Waals surface area (Å²) in [6.07, 6.45) is 9.63. The average Bonchev–Trinajstić information content (AvgIpc) is 2.68. The molecule has 0 saturated carbocycles. The average molecular weight is 301 g/mol. The standard InChI is InChI=1S/C14H21ClN2OS/c1-3-5-7-13-16-14-11(9-12(15)19(14)18)10-17(13)8-6-4-2/h9-10,13H,3-8H2,1-2H3. The zero-order valence-electron chi connectivity index (χ0n) is 11.6. The van der Waals surface area contributed by atoms with E-state index in [1.807, 2.05) is 0 Å². The van der Waals surface area contributed by atoms with Crippen molar-refractivity contribution >= 4 is 27.4 Å². The van der Waals surface area contributed by atoms with E-state index in [-0.39, 0.29) is 6.17 Å². The maximum absolute atomic E-state index is 12.0. The number of allylic oxidation sites excluding steroid dienone is 1. The van der Waals surface area contributed by atoms with Crippen LogP contribution in [-0.4, -0.2) is 26.9 Å². The molecule has 0 aromatic carbocycles. The van der Waals surface area contributed by atoms with Crippen LogP contribution in [0.25, 0.3) is 0 Å². The van der Waals surface area contributed by atoms with E-state index in [1.54, 1.807) is 6.08 Å². The van der Waals surface area contributed by atoms with E-state index < -0.39 is 10.8 Å². The summed E-state index contributed by atoms with van der Waals surface area (Å²) < 4.78 is 12.4. The fraction of sp³-hybridized carbons (Fsp3) is 0.643. The van der Waals surface area contributed by atoms with Gasteiger partial charge in [0.05, 0.1) is 0 Å². The highest BCUT2D eigenvalue weighted by Crippen LogP contribution is 2.30. The number of nitrogens with zero attached hydrogens (tertiary/aromatic N) is 2.